The molecule has 2 heterocycles. The number of aliphatic hydroxyl groups excluding tert-OH is 3. The average molecular weight is 531 g/mol. The van der Waals surface area contributed by atoms with E-state index in [1.807, 2.05) is 0 Å². The molecule has 3 aromatic rings. The number of hydrogen-bond acceptors (Lipinski definition) is 12. The van der Waals surface area contributed by atoms with Crippen LogP contribution < -0.4 is 15.3 Å². The van der Waals surface area contributed by atoms with Gasteiger partial charge in [0.15, 0.2) is 5.92 Å². The fourth-order valence-corrected chi connectivity index (χ4v) is 4.08. The van der Waals surface area contributed by atoms with Crippen LogP contribution in [0, 0.1) is 0 Å². The summed E-state index contributed by atoms with van der Waals surface area (Å²) in [5.74, 6) is -5.07. The molecule has 5 N–H and O–H groups in total. The predicted molar refractivity (Wildman–Crippen MR) is 124 cm³/mol. The maximum absolute atomic E-state index is 13.1. The molecule has 0 saturated carbocycles. The molecule has 0 amide bonds. The number of aliphatic carboxylic acids is 1. The molecule has 0 aliphatic carbocycles. The first-order valence-electron chi connectivity index (χ1n) is 11.2. The Morgan fingerprint density at radius 2 is 1.76 bits per heavy atom. The lowest BCUT2D eigenvalue weighted by molar-refractivity contribution is -0.532. The maximum atomic E-state index is 13.1. The number of ether oxygens (including phenoxy) is 3. The van der Waals surface area contributed by atoms with Gasteiger partial charge in [-0.2, -0.15) is 0 Å². The van der Waals surface area contributed by atoms with Crippen LogP contribution in [0.25, 0.3) is 22.1 Å². The molecule has 0 spiro atoms. The Kier molecular flexibility index (Phi) is 7.66. The lowest BCUT2D eigenvalue weighted by Crippen LogP contribution is -2.62. The summed E-state index contributed by atoms with van der Waals surface area (Å²) in [5, 5.41) is 60.2. The molecular weight excluding hydrogens is 508 g/mol. The molecule has 4 rings (SSSR count). The summed E-state index contributed by atoms with van der Waals surface area (Å²) in [7, 11) is 1.20. The fraction of sp³-hybridized carbons (Fsp3) is 0.320. The van der Waals surface area contributed by atoms with Gasteiger partial charge in [0.05, 0.1) is 24.2 Å². The van der Waals surface area contributed by atoms with Crippen molar-refractivity contribution in [3.8, 4) is 22.6 Å². The minimum Gasteiger partial charge on any atom is -0.829 e. The summed E-state index contributed by atoms with van der Waals surface area (Å²) in [6.07, 6.45) is -8.04. The van der Waals surface area contributed by atoms with Gasteiger partial charge in [0.1, 0.15) is 48.3 Å². The molecule has 13 heteroatoms. The lowest BCUT2D eigenvalue weighted by Gasteiger charge is -2.43. The minimum atomic E-state index is -2.12. The van der Waals surface area contributed by atoms with Crippen LogP contribution in [0.3, 0.4) is 0 Å². The molecule has 1 aromatic heterocycles. The maximum Gasteiger partial charge on any atom is 0.325 e. The van der Waals surface area contributed by atoms with Crippen LogP contribution >= 0.6 is 0 Å². The Morgan fingerprint density at radius 3 is 2.39 bits per heavy atom. The SMILES string of the molecule is COc1cc2c(=O)c(-c3ccc(O)cc3)coc2cc1C(C(=O)O)C(=O)OC[C@H]1O[C@@H]([O-])[C@H](O)[C@@H](O)[C@@H]1O. The molecule has 1 saturated heterocycles. The van der Waals surface area contributed by atoms with E-state index in [-0.39, 0.29) is 33.6 Å². The molecule has 38 heavy (non-hydrogen) atoms. The highest BCUT2D eigenvalue weighted by atomic mass is 16.7. The van der Waals surface area contributed by atoms with Crippen molar-refractivity contribution < 1.29 is 58.9 Å². The van der Waals surface area contributed by atoms with Crippen molar-refractivity contribution in [2.45, 2.75) is 36.6 Å². The van der Waals surface area contributed by atoms with Crippen LogP contribution in [0.4, 0.5) is 0 Å². The standard InChI is InChI=1S/C25H23O13/c1-35-15-7-13-16(36-8-14(19(13)27)10-2-4-11(26)5-3-10)6-12(15)18(23(31)32)24(33)37-9-17-20(28)21(29)22(30)25(34)38-17/h2-8,17-18,20-22,25-26,28-30H,9H2,1H3,(H,31,32)/q-1/t17-,18?,20-,21+,22-,25-/m1/s1. The van der Waals surface area contributed by atoms with Crippen molar-refractivity contribution in [1.82, 2.24) is 0 Å². The molecule has 202 valence electrons. The minimum absolute atomic E-state index is 0.00279. The van der Waals surface area contributed by atoms with Gasteiger partial charge in [-0.15, -0.1) is 0 Å². The number of hydrogen-bond donors (Lipinski definition) is 5. The Balaban J connectivity index is 1.65. The lowest BCUT2D eigenvalue weighted by atomic mass is 9.95. The quantitative estimate of drug-likeness (QED) is 0.184. The van der Waals surface area contributed by atoms with E-state index in [0.29, 0.717) is 5.56 Å². The number of carboxylic acids is 1. The smallest absolute Gasteiger partial charge is 0.325 e. The Morgan fingerprint density at radius 1 is 1.08 bits per heavy atom. The van der Waals surface area contributed by atoms with Crippen molar-refractivity contribution >= 4 is 22.9 Å². The molecule has 1 aliphatic heterocycles. The van der Waals surface area contributed by atoms with E-state index >= 15 is 0 Å². The predicted octanol–water partition coefficient (Wildman–Crippen LogP) is -0.947. The molecule has 1 unspecified atom stereocenters. The van der Waals surface area contributed by atoms with Crippen LogP contribution in [0.5, 0.6) is 11.5 Å². The zero-order chi connectivity index (χ0) is 27.7. The molecule has 0 radical (unpaired) electrons. The largest absolute Gasteiger partial charge is 0.829 e. The second-order valence-corrected chi connectivity index (χ2v) is 8.53. The van der Waals surface area contributed by atoms with Gasteiger partial charge in [-0.3, -0.25) is 14.4 Å². The fourth-order valence-electron chi connectivity index (χ4n) is 4.08. The number of carbonyl (C=O) groups is 2. The summed E-state index contributed by atoms with van der Waals surface area (Å²) in [6, 6.07) is 8.17. The number of aromatic hydroxyl groups is 1. The number of methoxy groups -OCH3 is 1. The third kappa shape index (κ3) is 5.05. The topological polar surface area (TPSA) is 216 Å². The van der Waals surface area contributed by atoms with Crippen molar-refractivity contribution in [2.75, 3.05) is 13.7 Å². The molecule has 6 atom stereocenters. The summed E-state index contributed by atoms with van der Waals surface area (Å²) >= 11 is 0. The van der Waals surface area contributed by atoms with Crippen molar-refractivity contribution in [3.63, 3.8) is 0 Å². The van der Waals surface area contributed by atoms with Crippen LogP contribution in [-0.2, 0) is 19.1 Å². The third-order valence-corrected chi connectivity index (χ3v) is 6.16. The zero-order valence-electron chi connectivity index (χ0n) is 19.7. The summed E-state index contributed by atoms with van der Waals surface area (Å²) in [4.78, 5) is 38.0. The van der Waals surface area contributed by atoms with Gasteiger partial charge in [-0.25, -0.2) is 0 Å². The van der Waals surface area contributed by atoms with E-state index < -0.39 is 60.6 Å². The van der Waals surface area contributed by atoms with Gasteiger partial charge in [0.25, 0.3) is 0 Å². The van der Waals surface area contributed by atoms with Crippen LogP contribution in [-0.4, -0.2) is 81.9 Å². The number of phenols is 1. The van der Waals surface area contributed by atoms with Crippen LogP contribution in [0.2, 0.25) is 0 Å². The number of benzene rings is 2. The third-order valence-electron chi connectivity index (χ3n) is 6.16. The van der Waals surface area contributed by atoms with Crippen molar-refractivity contribution in [1.29, 1.82) is 0 Å². The number of esters is 1. The highest BCUT2D eigenvalue weighted by Gasteiger charge is 2.41. The Labute approximate surface area is 213 Å². The first-order valence-corrected chi connectivity index (χ1v) is 11.2. The highest BCUT2D eigenvalue weighted by molar-refractivity contribution is 6.01. The Hall–Kier alpha value is -4.01. The molecule has 0 bridgehead atoms. The van der Waals surface area contributed by atoms with Crippen molar-refractivity contribution in [2.24, 2.45) is 0 Å². The second-order valence-electron chi connectivity index (χ2n) is 8.53. The van der Waals surface area contributed by atoms with E-state index in [1.165, 1.54) is 37.4 Å². The number of carbonyl (C=O) groups excluding carboxylic acids is 1. The van der Waals surface area contributed by atoms with Gasteiger partial charge in [0, 0.05) is 11.9 Å². The average Bonchev–Trinajstić information content (AvgIpc) is 2.89. The number of phenolic OH excluding ortho intramolecular Hbond substituents is 1. The normalized spacial score (nSPS) is 24.1. The first-order chi connectivity index (χ1) is 18.0. The first kappa shape index (κ1) is 27.0. The number of aliphatic hydroxyl groups is 3. The molecular formula is C25H23O13-. The Bertz CT molecular complexity index is 1400. The molecule has 13 nitrogen and oxygen atoms in total. The number of carboxylic acid groups (broad SMARTS) is 1. The van der Waals surface area contributed by atoms with Gasteiger partial charge in [-0.1, -0.05) is 12.1 Å². The van der Waals surface area contributed by atoms with E-state index in [2.05, 4.69) is 0 Å². The van der Waals surface area contributed by atoms with Gasteiger partial charge in [0.2, 0.25) is 5.43 Å². The van der Waals surface area contributed by atoms with E-state index in [1.54, 1.807) is 0 Å². The molecule has 1 aliphatic rings. The van der Waals surface area contributed by atoms with E-state index in [4.69, 9.17) is 18.6 Å². The van der Waals surface area contributed by atoms with Crippen LogP contribution in [0.1, 0.15) is 11.5 Å². The summed E-state index contributed by atoms with van der Waals surface area (Å²) in [6.45, 7) is -0.798. The number of rotatable bonds is 7. The number of fused-ring (bicyclic) bond motifs is 1. The molecule has 2 aromatic carbocycles. The van der Waals surface area contributed by atoms with Gasteiger partial charge < -0.3 is 49.3 Å². The second kappa shape index (κ2) is 10.8. The highest BCUT2D eigenvalue weighted by Crippen LogP contribution is 2.33. The monoisotopic (exact) mass is 531 g/mol. The van der Waals surface area contributed by atoms with Crippen LogP contribution in [0.15, 0.2) is 51.9 Å². The molecule has 1 fully saturated rings. The summed E-state index contributed by atoms with van der Waals surface area (Å²) in [5.41, 5.74) is -0.118. The van der Waals surface area contributed by atoms with Gasteiger partial charge >= 0.3 is 11.9 Å². The summed E-state index contributed by atoms with van der Waals surface area (Å²) < 4.78 is 20.6. The van der Waals surface area contributed by atoms with Gasteiger partial charge in [-0.05, 0) is 29.8 Å². The van der Waals surface area contributed by atoms with Crippen molar-refractivity contribution in [3.05, 3.63) is 58.4 Å². The van der Waals surface area contributed by atoms with E-state index in [9.17, 15) is 45.0 Å². The zero-order valence-corrected chi connectivity index (χ0v) is 19.7. The van der Waals surface area contributed by atoms with E-state index in [0.717, 1.165) is 12.3 Å².